The number of carbonyl (C=O) groups is 1. The molecule has 1 saturated carbocycles. The van der Waals surface area contributed by atoms with Gasteiger partial charge in [0.1, 0.15) is 4.90 Å². The second-order valence-corrected chi connectivity index (χ2v) is 11.7. The molecule has 3 rings (SSSR count). The van der Waals surface area contributed by atoms with Crippen LogP contribution in [0.25, 0.3) is 11.3 Å². The summed E-state index contributed by atoms with van der Waals surface area (Å²) in [5.74, 6) is 0.162. The van der Waals surface area contributed by atoms with Gasteiger partial charge in [0, 0.05) is 24.3 Å². The average Bonchev–Trinajstić information content (AvgIpc) is 3.04. The maximum atomic E-state index is 12.9. The summed E-state index contributed by atoms with van der Waals surface area (Å²) in [6.45, 7) is 5.93. The zero-order valence-corrected chi connectivity index (χ0v) is 21.4. The van der Waals surface area contributed by atoms with Crippen LogP contribution in [0, 0.1) is 12.8 Å². The second kappa shape index (κ2) is 9.96. The number of aromatic nitrogens is 1. The molecule has 0 radical (unpaired) electrons. The van der Waals surface area contributed by atoms with Crippen LogP contribution in [0.5, 0.6) is 0 Å². The number of sulfonamides is 1. The van der Waals surface area contributed by atoms with Crippen LogP contribution in [0.3, 0.4) is 0 Å². The van der Waals surface area contributed by atoms with Crippen LogP contribution in [0.1, 0.15) is 62.0 Å². The van der Waals surface area contributed by atoms with Gasteiger partial charge in [-0.1, -0.05) is 42.5 Å². The standard InChI is InChI=1S/C23H31Cl2N3O4S/c1-14-17(22(29)27-13-23(2,3)30)11-18(28(14)12-15-7-5-4-6-8-15)16-9-10-19(33(26,31)32)21(25)20(16)24/h9-11,15,30H,4-8,12-13H2,1-3H3,(H,27,29)(H2,26,31,32). The SMILES string of the molecule is Cc1c(C(=O)NCC(C)(C)O)cc(-c2ccc(S(N)(=O)=O)c(Cl)c2Cl)n1CC1CCCCC1. The zero-order valence-electron chi connectivity index (χ0n) is 19.1. The van der Waals surface area contributed by atoms with E-state index in [9.17, 15) is 18.3 Å². The maximum Gasteiger partial charge on any atom is 0.253 e. The van der Waals surface area contributed by atoms with Crippen molar-refractivity contribution in [3.8, 4) is 11.3 Å². The molecule has 0 unspecified atom stereocenters. The first-order valence-electron chi connectivity index (χ1n) is 11.0. The fourth-order valence-corrected chi connectivity index (χ4v) is 5.72. The molecule has 1 aliphatic carbocycles. The Labute approximate surface area is 205 Å². The van der Waals surface area contributed by atoms with Gasteiger partial charge in [-0.05, 0) is 57.7 Å². The van der Waals surface area contributed by atoms with Crippen LogP contribution in [0.2, 0.25) is 10.0 Å². The van der Waals surface area contributed by atoms with E-state index in [4.69, 9.17) is 28.3 Å². The fraction of sp³-hybridized carbons (Fsp3) is 0.522. The minimum absolute atomic E-state index is 0.0639. The molecule has 4 N–H and O–H groups in total. The third-order valence-corrected chi connectivity index (χ3v) is 8.03. The number of amides is 1. The van der Waals surface area contributed by atoms with Crippen molar-refractivity contribution in [1.82, 2.24) is 9.88 Å². The number of hydrogen-bond acceptors (Lipinski definition) is 4. The topological polar surface area (TPSA) is 114 Å². The molecule has 0 atom stereocenters. The van der Waals surface area contributed by atoms with Gasteiger partial charge in [0.15, 0.2) is 0 Å². The summed E-state index contributed by atoms with van der Waals surface area (Å²) in [7, 11) is -4.04. The molecule has 2 aromatic rings. The summed E-state index contributed by atoms with van der Waals surface area (Å²) < 4.78 is 25.7. The van der Waals surface area contributed by atoms with Gasteiger partial charge in [-0.2, -0.15) is 0 Å². The summed E-state index contributed by atoms with van der Waals surface area (Å²) in [5, 5.41) is 17.9. The van der Waals surface area contributed by atoms with Gasteiger partial charge in [0.25, 0.3) is 5.91 Å². The molecule has 33 heavy (non-hydrogen) atoms. The van der Waals surface area contributed by atoms with Crippen LogP contribution in [-0.2, 0) is 16.6 Å². The van der Waals surface area contributed by atoms with Crippen molar-refractivity contribution in [3.05, 3.63) is 39.5 Å². The number of carbonyl (C=O) groups excluding carboxylic acids is 1. The molecule has 182 valence electrons. The summed E-state index contributed by atoms with van der Waals surface area (Å²) >= 11 is 12.8. The number of benzene rings is 1. The molecule has 0 saturated heterocycles. The number of primary sulfonamides is 1. The number of nitrogens with two attached hydrogens (primary N) is 1. The van der Waals surface area contributed by atoms with Gasteiger partial charge >= 0.3 is 0 Å². The normalized spacial score (nSPS) is 15.6. The van der Waals surface area contributed by atoms with E-state index >= 15 is 0 Å². The highest BCUT2D eigenvalue weighted by molar-refractivity contribution is 7.89. The molecule has 1 aromatic carbocycles. The fourth-order valence-electron chi connectivity index (χ4n) is 4.30. The summed E-state index contributed by atoms with van der Waals surface area (Å²) in [6.07, 6.45) is 5.80. The number of aliphatic hydroxyl groups is 1. The van der Waals surface area contributed by atoms with Crippen LogP contribution >= 0.6 is 23.2 Å². The average molecular weight is 516 g/mol. The summed E-state index contributed by atoms with van der Waals surface area (Å²) in [6, 6.07) is 4.64. The van der Waals surface area contributed by atoms with Gasteiger partial charge in [0.2, 0.25) is 10.0 Å². The number of nitrogens with one attached hydrogen (secondary N) is 1. The molecule has 0 aliphatic heterocycles. The third kappa shape index (κ3) is 6.11. The summed E-state index contributed by atoms with van der Waals surface area (Å²) in [5.41, 5.74) is 1.39. The van der Waals surface area contributed by atoms with Crippen molar-refractivity contribution in [2.45, 2.75) is 69.9 Å². The van der Waals surface area contributed by atoms with Crippen molar-refractivity contribution < 1.29 is 18.3 Å². The Morgan fingerprint density at radius 2 is 1.85 bits per heavy atom. The third-order valence-electron chi connectivity index (χ3n) is 6.09. The number of rotatable bonds is 7. The van der Waals surface area contributed by atoms with Gasteiger partial charge in [-0.25, -0.2) is 13.6 Å². The Balaban J connectivity index is 2.09. The van der Waals surface area contributed by atoms with Gasteiger partial charge in [-0.3, -0.25) is 4.79 Å². The van der Waals surface area contributed by atoms with Crippen molar-refractivity contribution >= 4 is 39.1 Å². The van der Waals surface area contributed by atoms with Crippen molar-refractivity contribution in [1.29, 1.82) is 0 Å². The lowest BCUT2D eigenvalue weighted by Crippen LogP contribution is -2.38. The zero-order chi connectivity index (χ0) is 24.6. The Morgan fingerprint density at radius 3 is 2.42 bits per heavy atom. The lowest BCUT2D eigenvalue weighted by atomic mass is 9.89. The van der Waals surface area contributed by atoms with Gasteiger partial charge in [-0.15, -0.1) is 0 Å². The Hall–Kier alpha value is -1.58. The number of nitrogens with zero attached hydrogens (tertiary/aromatic N) is 1. The second-order valence-electron chi connectivity index (χ2n) is 9.42. The molecular weight excluding hydrogens is 485 g/mol. The van der Waals surface area contributed by atoms with Gasteiger partial charge in [0.05, 0.1) is 26.9 Å². The summed E-state index contributed by atoms with van der Waals surface area (Å²) in [4.78, 5) is 12.7. The van der Waals surface area contributed by atoms with E-state index in [0.717, 1.165) is 18.5 Å². The van der Waals surface area contributed by atoms with Crippen molar-refractivity contribution in [2.75, 3.05) is 6.54 Å². The molecule has 7 nitrogen and oxygen atoms in total. The molecule has 1 fully saturated rings. The molecule has 10 heteroatoms. The van der Waals surface area contributed by atoms with Crippen LogP contribution in [0.15, 0.2) is 23.1 Å². The minimum atomic E-state index is -4.04. The highest BCUT2D eigenvalue weighted by Crippen LogP contribution is 2.39. The van der Waals surface area contributed by atoms with E-state index in [-0.39, 0.29) is 27.4 Å². The van der Waals surface area contributed by atoms with Crippen LogP contribution in [-0.4, -0.2) is 36.1 Å². The molecular formula is C23H31Cl2N3O4S. The first-order valence-corrected chi connectivity index (χ1v) is 13.3. The Bertz CT molecular complexity index is 1150. The molecule has 1 aliphatic rings. The molecule has 0 bridgehead atoms. The van der Waals surface area contributed by atoms with Crippen molar-refractivity contribution in [3.63, 3.8) is 0 Å². The lowest BCUT2D eigenvalue weighted by Gasteiger charge is -2.24. The van der Waals surface area contributed by atoms with Crippen LogP contribution in [0.4, 0.5) is 0 Å². The number of halogens is 2. The molecule has 1 heterocycles. The largest absolute Gasteiger partial charge is 0.389 e. The first-order chi connectivity index (χ1) is 15.3. The predicted octanol–water partition coefficient (Wildman–Crippen LogP) is 4.50. The monoisotopic (exact) mass is 515 g/mol. The quantitative estimate of drug-likeness (QED) is 0.503. The van der Waals surface area contributed by atoms with Gasteiger partial charge < -0.3 is 15.0 Å². The molecule has 0 spiro atoms. The molecule has 1 amide bonds. The molecule has 1 aromatic heterocycles. The first kappa shape index (κ1) is 26.0. The Morgan fingerprint density at radius 1 is 1.21 bits per heavy atom. The minimum Gasteiger partial charge on any atom is -0.389 e. The van der Waals surface area contributed by atoms with E-state index in [0.29, 0.717) is 29.3 Å². The van der Waals surface area contributed by atoms with Crippen molar-refractivity contribution in [2.24, 2.45) is 11.1 Å². The van der Waals surface area contributed by atoms with E-state index in [2.05, 4.69) is 9.88 Å². The smallest absolute Gasteiger partial charge is 0.253 e. The Kier molecular flexibility index (Phi) is 7.86. The van der Waals surface area contributed by atoms with E-state index < -0.39 is 15.6 Å². The van der Waals surface area contributed by atoms with E-state index in [1.54, 1.807) is 26.0 Å². The van der Waals surface area contributed by atoms with E-state index in [1.807, 2.05) is 6.92 Å². The predicted molar refractivity (Wildman–Crippen MR) is 131 cm³/mol. The maximum absolute atomic E-state index is 12.9. The highest BCUT2D eigenvalue weighted by atomic mass is 35.5. The highest BCUT2D eigenvalue weighted by Gasteiger charge is 2.26. The number of hydrogen-bond donors (Lipinski definition) is 3. The lowest BCUT2D eigenvalue weighted by molar-refractivity contribution is 0.0694. The van der Waals surface area contributed by atoms with Crippen LogP contribution < -0.4 is 10.5 Å². The van der Waals surface area contributed by atoms with E-state index in [1.165, 1.54) is 25.3 Å².